The fourth-order valence-electron chi connectivity index (χ4n) is 2.11. The Labute approximate surface area is 141 Å². The lowest BCUT2D eigenvalue weighted by molar-refractivity contribution is -0.119. The Morgan fingerprint density at radius 2 is 1.74 bits per heavy atom. The van der Waals surface area contributed by atoms with Gasteiger partial charge in [-0.2, -0.15) is 0 Å². The maximum atomic E-state index is 11.9. The number of hydrogen-bond acceptors (Lipinski definition) is 3. The third-order valence-corrected chi connectivity index (χ3v) is 3.57. The van der Waals surface area contributed by atoms with E-state index in [1.165, 1.54) is 5.56 Å². The molecule has 0 aliphatic rings. The zero-order chi connectivity index (χ0) is 16.5. The summed E-state index contributed by atoms with van der Waals surface area (Å²) >= 11 is 5.14. The van der Waals surface area contributed by atoms with E-state index in [9.17, 15) is 4.79 Å². The first-order chi connectivity index (χ1) is 11.2. The molecule has 120 valence electrons. The van der Waals surface area contributed by atoms with Crippen molar-refractivity contribution in [2.24, 2.45) is 0 Å². The molecule has 0 bridgehead atoms. The molecule has 0 heterocycles. The normalized spacial score (nSPS) is 9.96. The van der Waals surface area contributed by atoms with E-state index in [0.717, 1.165) is 17.7 Å². The molecule has 0 aliphatic heterocycles. The van der Waals surface area contributed by atoms with Crippen molar-refractivity contribution >= 4 is 23.2 Å². The molecule has 0 saturated heterocycles. The lowest BCUT2D eigenvalue weighted by Crippen LogP contribution is -2.40. The third-order valence-electron chi connectivity index (χ3n) is 3.32. The van der Waals surface area contributed by atoms with Gasteiger partial charge in [0.2, 0.25) is 5.91 Å². The van der Waals surface area contributed by atoms with Gasteiger partial charge in [0.15, 0.2) is 5.11 Å². The Kier molecular flexibility index (Phi) is 6.56. The molecule has 2 N–H and O–H groups in total. The lowest BCUT2D eigenvalue weighted by Gasteiger charge is -2.10. The second-order valence-electron chi connectivity index (χ2n) is 5.06. The number of carbonyl (C=O) groups is 1. The molecule has 2 aromatic rings. The van der Waals surface area contributed by atoms with Gasteiger partial charge >= 0.3 is 0 Å². The van der Waals surface area contributed by atoms with Gasteiger partial charge in [-0.25, -0.2) is 0 Å². The van der Waals surface area contributed by atoms with Gasteiger partial charge in [0, 0.05) is 6.54 Å². The van der Waals surface area contributed by atoms with Gasteiger partial charge in [0.1, 0.15) is 5.75 Å². The standard InChI is InChI=1S/C18H20N2O2S/c1-22-16-9-7-15(8-10-16)13-17(21)20-18(23)19-12-11-14-5-3-2-4-6-14/h2-10H,11-13H2,1H3,(H2,19,20,21,23). The van der Waals surface area contributed by atoms with Crippen molar-refractivity contribution in [1.29, 1.82) is 0 Å². The first kappa shape index (κ1) is 17.0. The largest absolute Gasteiger partial charge is 0.497 e. The van der Waals surface area contributed by atoms with Crippen LogP contribution < -0.4 is 15.4 Å². The van der Waals surface area contributed by atoms with Gasteiger partial charge < -0.3 is 15.4 Å². The summed E-state index contributed by atoms with van der Waals surface area (Å²) in [4.78, 5) is 11.9. The summed E-state index contributed by atoms with van der Waals surface area (Å²) in [6.45, 7) is 0.686. The minimum absolute atomic E-state index is 0.132. The van der Waals surface area contributed by atoms with E-state index in [2.05, 4.69) is 22.8 Å². The molecule has 0 aliphatic carbocycles. The number of methoxy groups -OCH3 is 1. The number of nitrogens with one attached hydrogen (secondary N) is 2. The lowest BCUT2D eigenvalue weighted by atomic mass is 10.1. The van der Waals surface area contributed by atoms with Crippen molar-refractivity contribution in [2.45, 2.75) is 12.8 Å². The van der Waals surface area contributed by atoms with Gasteiger partial charge in [-0.1, -0.05) is 42.5 Å². The molecule has 0 aromatic heterocycles. The van der Waals surface area contributed by atoms with E-state index in [-0.39, 0.29) is 12.3 Å². The van der Waals surface area contributed by atoms with Gasteiger partial charge in [-0.15, -0.1) is 0 Å². The number of hydrogen-bond donors (Lipinski definition) is 2. The highest BCUT2D eigenvalue weighted by Crippen LogP contribution is 2.11. The maximum absolute atomic E-state index is 11.9. The molecule has 5 heteroatoms. The molecule has 1 amide bonds. The van der Waals surface area contributed by atoms with Crippen molar-refractivity contribution in [3.63, 3.8) is 0 Å². The van der Waals surface area contributed by atoms with Crippen molar-refractivity contribution < 1.29 is 9.53 Å². The summed E-state index contributed by atoms with van der Waals surface area (Å²) in [5.74, 6) is 0.639. The van der Waals surface area contributed by atoms with E-state index >= 15 is 0 Å². The van der Waals surface area contributed by atoms with E-state index in [1.54, 1.807) is 7.11 Å². The van der Waals surface area contributed by atoms with E-state index < -0.39 is 0 Å². The highest BCUT2D eigenvalue weighted by atomic mass is 32.1. The Morgan fingerprint density at radius 1 is 1.04 bits per heavy atom. The van der Waals surface area contributed by atoms with Gasteiger partial charge in [0.05, 0.1) is 13.5 Å². The van der Waals surface area contributed by atoms with E-state index in [1.807, 2.05) is 42.5 Å². The van der Waals surface area contributed by atoms with Crippen molar-refractivity contribution in [2.75, 3.05) is 13.7 Å². The number of carbonyl (C=O) groups excluding carboxylic acids is 1. The van der Waals surface area contributed by atoms with Gasteiger partial charge in [-0.05, 0) is 41.9 Å². The maximum Gasteiger partial charge on any atom is 0.230 e. The summed E-state index contributed by atoms with van der Waals surface area (Å²) in [5, 5.41) is 6.10. The van der Waals surface area contributed by atoms with Gasteiger partial charge in [-0.3, -0.25) is 4.79 Å². The first-order valence-corrected chi connectivity index (χ1v) is 7.83. The molecule has 2 rings (SSSR count). The van der Waals surface area contributed by atoms with Crippen molar-refractivity contribution in [1.82, 2.24) is 10.6 Å². The molecule has 0 fully saturated rings. The summed E-state index contributed by atoms with van der Waals surface area (Å²) in [7, 11) is 1.61. The molecule has 0 radical (unpaired) electrons. The molecule has 4 nitrogen and oxygen atoms in total. The van der Waals surface area contributed by atoms with Crippen LogP contribution in [0.15, 0.2) is 54.6 Å². The van der Waals surface area contributed by atoms with E-state index in [0.29, 0.717) is 11.7 Å². The second kappa shape index (κ2) is 8.90. The van der Waals surface area contributed by atoms with Crippen LogP contribution in [-0.2, 0) is 17.6 Å². The highest BCUT2D eigenvalue weighted by Gasteiger charge is 2.06. The van der Waals surface area contributed by atoms with Crippen molar-refractivity contribution in [3.05, 3.63) is 65.7 Å². The monoisotopic (exact) mass is 328 g/mol. The predicted octanol–water partition coefficient (Wildman–Crippen LogP) is 2.47. The smallest absolute Gasteiger partial charge is 0.230 e. The predicted molar refractivity (Wildman–Crippen MR) is 95.6 cm³/mol. The minimum Gasteiger partial charge on any atom is -0.497 e. The zero-order valence-electron chi connectivity index (χ0n) is 13.0. The van der Waals surface area contributed by atoms with Crippen LogP contribution in [0.25, 0.3) is 0 Å². The van der Waals surface area contributed by atoms with E-state index in [4.69, 9.17) is 17.0 Å². The summed E-state index contributed by atoms with van der Waals surface area (Å²) in [6.07, 6.45) is 1.14. The number of rotatable bonds is 6. The molecular formula is C18H20N2O2S. The van der Waals surface area contributed by atoms with Crippen LogP contribution in [0.3, 0.4) is 0 Å². The SMILES string of the molecule is COc1ccc(CC(=O)NC(=S)NCCc2ccccc2)cc1. The van der Waals surface area contributed by atoms with Crippen LogP contribution in [0.1, 0.15) is 11.1 Å². The summed E-state index contributed by atoms with van der Waals surface area (Å²) in [6, 6.07) is 17.5. The number of amides is 1. The van der Waals surface area contributed by atoms with Crippen LogP contribution in [0.2, 0.25) is 0 Å². The average molecular weight is 328 g/mol. The Morgan fingerprint density at radius 3 is 2.39 bits per heavy atom. The Bertz CT molecular complexity index is 642. The van der Waals surface area contributed by atoms with Gasteiger partial charge in [0.25, 0.3) is 0 Å². The second-order valence-corrected chi connectivity index (χ2v) is 5.47. The highest BCUT2D eigenvalue weighted by molar-refractivity contribution is 7.80. The van der Waals surface area contributed by atoms with Crippen molar-refractivity contribution in [3.8, 4) is 5.75 Å². The number of ether oxygens (including phenoxy) is 1. The fourth-order valence-corrected chi connectivity index (χ4v) is 2.32. The first-order valence-electron chi connectivity index (χ1n) is 7.42. The van der Waals surface area contributed by atoms with Crippen LogP contribution >= 0.6 is 12.2 Å². The van der Waals surface area contributed by atoms with Crippen LogP contribution in [-0.4, -0.2) is 24.7 Å². The van der Waals surface area contributed by atoms with Crippen LogP contribution in [0, 0.1) is 0 Å². The topological polar surface area (TPSA) is 50.4 Å². The fraction of sp³-hybridized carbons (Fsp3) is 0.222. The van der Waals surface area contributed by atoms with Crippen LogP contribution in [0.5, 0.6) is 5.75 Å². The Balaban J connectivity index is 1.70. The molecular weight excluding hydrogens is 308 g/mol. The minimum atomic E-state index is -0.132. The molecule has 0 spiro atoms. The quantitative estimate of drug-likeness (QED) is 0.800. The number of thiocarbonyl (C=S) groups is 1. The number of benzene rings is 2. The molecule has 23 heavy (non-hydrogen) atoms. The third kappa shape index (κ3) is 6.08. The average Bonchev–Trinajstić information content (AvgIpc) is 2.56. The molecule has 0 unspecified atom stereocenters. The molecule has 0 saturated carbocycles. The molecule has 2 aromatic carbocycles. The molecule has 0 atom stereocenters. The summed E-state index contributed by atoms with van der Waals surface area (Å²) < 4.78 is 5.09. The zero-order valence-corrected chi connectivity index (χ0v) is 13.9. The Hall–Kier alpha value is -2.40. The van der Waals surface area contributed by atoms with Crippen LogP contribution in [0.4, 0.5) is 0 Å². The summed E-state index contributed by atoms with van der Waals surface area (Å²) in [5.41, 5.74) is 2.14.